The van der Waals surface area contributed by atoms with Gasteiger partial charge in [0.05, 0.1) is 20.8 Å². The lowest BCUT2D eigenvalue weighted by molar-refractivity contribution is -0.151. The molecule has 0 aromatic heterocycles. The fourth-order valence-electron chi connectivity index (χ4n) is 3.92. The highest BCUT2D eigenvalue weighted by molar-refractivity contribution is 6.10. The number of methoxy groups -OCH3 is 2. The topological polar surface area (TPSA) is 61.8 Å². The average molecular weight is 394 g/mol. The zero-order chi connectivity index (χ0) is 21.0. The Morgan fingerprint density at radius 2 is 1.79 bits per heavy atom. The van der Waals surface area contributed by atoms with Crippen molar-refractivity contribution in [3.63, 3.8) is 0 Å². The second-order valence-electron chi connectivity index (χ2n) is 7.04. The molecule has 0 fully saturated rings. The molecule has 0 unspecified atom stereocenters. The predicted molar refractivity (Wildman–Crippen MR) is 111 cm³/mol. The molecule has 0 aliphatic heterocycles. The number of ether oxygens (including phenoxy) is 3. The molecular weight excluding hydrogens is 368 g/mol. The Labute approximate surface area is 171 Å². The Balaban J connectivity index is 2.06. The van der Waals surface area contributed by atoms with E-state index < -0.39 is 11.9 Å². The number of aryl methyl sites for hydroxylation is 1. The molecule has 5 nitrogen and oxygen atoms in total. The van der Waals surface area contributed by atoms with Crippen LogP contribution in [0.1, 0.15) is 36.0 Å². The van der Waals surface area contributed by atoms with Gasteiger partial charge in [-0.2, -0.15) is 0 Å². The van der Waals surface area contributed by atoms with Crippen molar-refractivity contribution >= 4 is 17.3 Å². The number of rotatable bonds is 6. The van der Waals surface area contributed by atoms with Gasteiger partial charge >= 0.3 is 5.97 Å². The number of allylic oxidation sites excluding steroid dienone is 2. The Kier molecular flexibility index (Phi) is 6.37. The number of hydrogen-bond acceptors (Lipinski definition) is 5. The van der Waals surface area contributed by atoms with Crippen molar-refractivity contribution in [2.24, 2.45) is 5.92 Å². The van der Waals surface area contributed by atoms with Crippen LogP contribution in [-0.4, -0.2) is 32.6 Å². The fourth-order valence-corrected chi connectivity index (χ4v) is 3.92. The second kappa shape index (κ2) is 8.95. The quantitative estimate of drug-likeness (QED) is 0.539. The first kappa shape index (κ1) is 20.6. The van der Waals surface area contributed by atoms with Gasteiger partial charge in [-0.25, -0.2) is 0 Å². The Bertz CT molecular complexity index is 944. The van der Waals surface area contributed by atoms with Crippen LogP contribution in [0.2, 0.25) is 0 Å². The maximum absolute atomic E-state index is 13.0. The third kappa shape index (κ3) is 4.19. The van der Waals surface area contributed by atoms with Crippen LogP contribution in [0, 0.1) is 12.8 Å². The van der Waals surface area contributed by atoms with Gasteiger partial charge in [-0.3, -0.25) is 9.59 Å². The summed E-state index contributed by atoms with van der Waals surface area (Å²) in [5, 5.41) is 0. The SMILES string of the molecule is CCOC(=O)[C@H]1C(=O)C=C(c2ccc(OC)c(OC)c2)C[C@H]1c1ccccc1C. The number of hydrogen-bond donors (Lipinski definition) is 0. The highest BCUT2D eigenvalue weighted by Crippen LogP contribution is 2.42. The number of ketones is 1. The van der Waals surface area contributed by atoms with Gasteiger partial charge in [0.25, 0.3) is 0 Å². The molecule has 0 amide bonds. The van der Waals surface area contributed by atoms with E-state index in [1.807, 2.05) is 49.4 Å². The maximum atomic E-state index is 13.0. The van der Waals surface area contributed by atoms with E-state index in [-0.39, 0.29) is 18.3 Å². The van der Waals surface area contributed by atoms with Crippen molar-refractivity contribution in [3.05, 3.63) is 65.2 Å². The van der Waals surface area contributed by atoms with E-state index in [2.05, 4.69) is 0 Å². The second-order valence-corrected chi connectivity index (χ2v) is 7.04. The smallest absolute Gasteiger partial charge is 0.317 e. The molecule has 29 heavy (non-hydrogen) atoms. The Hall–Kier alpha value is -3.08. The molecule has 3 rings (SSSR count). The number of benzene rings is 2. The molecule has 0 bridgehead atoms. The van der Waals surface area contributed by atoms with Gasteiger partial charge in [0, 0.05) is 5.92 Å². The standard InChI is InChI=1S/C24H26O5/c1-5-29-24(26)23-19(18-9-7-6-8-15(18)2)12-17(13-20(23)25)16-10-11-21(27-3)22(14-16)28-4/h6-11,13-14,19,23H,5,12H2,1-4H3/t19-,23+/m0/s1. The van der Waals surface area contributed by atoms with Crippen LogP contribution in [0.4, 0.5) is 0 Å². The van der Waals surface area contributed by atoms with Gasteiger partial charge in [0.15, 0.2) is 17.3 Å². The van der Waals surface area contributed by atoms with E-state index in [1.54, 1.807) is 27.2 Å². The summed E-state index contributed by atoms with van der Waals surface area (Å²) in [6.45, 7) is 3.99. The molecule has 0 saturated heterocycles. The van der Waals surface area contributed by atoms with Gasteiger partial charge in [0.1, 0.15) is 5.92 Å². The van der Waals surface area contributed by atoms with Crippen LogP contribution in [-0.2, 0) is 14.3 Å². The lowest BCUT2D eigenvalue weighted by Crippen LogP contribution is -2.34. The summed E-state index contributed by atoms with van der Waals surface area (Å²) in [6.07, 6.45) is 2.12. The van der Waals surface area contributed by atoms with Crippen LogP contribution in [0.5, 0.6) is 11.5 Å². The van der Waals surface area contributed by atoms with Crippen molar-refractivity contribution in [2.45, 2.75) is 26.2 Å². The molecule has 1 aliphatic rings. The Morgan fingerprint density at radius 1 is 1.07 bits per heavy atom. The van der Waals surface area contributed by atoms with E-state index in [0.29, 0.717) is 17.9 Å². The highest BCUT2D eigenvalue weighted by Gasteiger charge is 2.40. The summed E-state index contributed by atoms with van der Waals surface area (Å²) in [5.41, 5.74) is 3.78. The van der Waals surface area contributed by atoms with E-state index in [4.69, 9.17) is 14.2 Å². The first-order chi connectivity index (χ1) is 14.0. The monoisotopic (exact) mass is 394 g/mol. The highest BCUT2D eigenvalue weighted by atomic mass is 16.5. The summed E-state index contributed by atoms with van der Waals surface area (Å²) in [4.78, 5) is 25.7. The van der Waals surface area contributed by atoms with Crippen molar-refractivity contribution < 1.29 is 23.8 Å². The average Bonchev–Trinajstić information content (AvgIpc) is 2.73. The molecule has 2 atom stereocenters. The minimum Gasteiger partial charge on any atom is -0.493 e. The molecule has 2 aromatic rings. The molecule has 0 radical (unpaired) electrons. The van der Waals surface area contributed by atoms with Crippen molar-refractivity contribution in [1.29, 1.82) is 0 Å². The predicted octanol–water partition coefficient (Wildman–Crippen LogP) is 4.33. The molecule has 5 heteroatoms. The molecule has 2 aromatic carbocycles. The van der Waals surface area contributed by atoms with Crippen LogP contribution >= 0.6 is 0 Å². The number of carbonyl (C=O) groups excluding carboxylic acids is 2. The third-order valence-electron chi connectivity index (χ3n) is 5.35. The third-order valence-corrected chi connectivity index (χ3v) is 5.35. The molecular formula is C24H26O5. The van der Waals surface area contributed by atoms with Gasteiger partial charge in [-0.05, 0) is 60.7 Å². The van der Waals surface area contributed by atoms with Crippen molar-refractivity contribution in [1.82, 2.24) is 0 Å². The lowest BCUT2D eigenvalue weighted by atomic mass is 9.72. The van der Waals surface area contributed by atoms with E-state index in [1.165, 1.54) is 0 Å². The first-order valence-corrected chi connectivity index (χ1v) is 9.69. The van der Waals surface area contributed by atoms with Crippen LogP contribution in [0.3, 0.4) is 0 Å². The molecule has 1 aliphatic carbocycles. The first-order valence-electron chi connectivity index (χ1n) is 9.69. The normalized spacial score (nSPS) is 18.8. The molecule has 0 saturated carbocycles. The minimum atomic E-state index is -0.833. The molecule has 0 spiro atoms. The van der Waals surface area contributed by atoms with Crippen LogP contribution in [0.25, 0.3) is 5.57 Å². The number of carbonyl (C=O) groups is 2. The maximum Gasteiger partial charge on any atom is 0.317 e. The fraction of sp³-hybridized carbons (Fsp3) is 0.333. The summed E-state index contributed by atoms with van der Waals surface area (Å²) >= 11 is 0. The summed E-state index contributed by atoms with van der Waals surface area (Å²) in [6, 6.07) is 13.4. The van der Waals surface area contributed by atoms with Crippen molar-refractivity contribution in [3.8, 4) is 11.5 Å². The van der Waals surface area contributed by atoms with E-state index in [9.17, 15) is 9.59 Å². The van der Waals surface area contributed by atoms with Gasteiger partial charge < -0.3 is 14.2 Å². The number of esters is 1. The summed E-state index contributed by atoms with van der Waals surface area (Å²) < 4.78 is 15.9. The van der Waals surface area contributed by atoms with Gasteiger partial charge in [0.2, 0.25) is 0 Å². The largest absolute Gasteiger partial charge is 0.493 e. The summed E-state index contributed by atoms with van der Waals surface area (Å²) in [5.74, 6) is -0.589. The van der Waals surface area contributed by atoms with Crippen LogP contribution in [0.15, 0.2) is 48.5 Å². The zero-order valence-corrected chi connectivity index (χ0v) is 17.2. The molecule has 152 valence electrons. The zero-order valence-electron chi connectivity index (χ0n) is 17.2. The van der Waals surface area contributed by atoms with Gasteiger partial charge in [-0.15, -0.1) is 0 Å². The van der Waals surface area contributed by atoms with E-state index in [0.717, 1.165) is 22.3 Å². The minimum absolute atomic E-state index is 0.229. The van der Waals surface area contributed by atoms with Gasteiger partial charge in [-0.1, -0.05) is 30.3 Å². The van der Waals surface area contributed by atoms with E-state index >= 15 is 0 Å². The summed E-state index contributed by atoms with van der Waals surface area (Å²) in [7, 11) is 3.16. The molecule has 0 heterocycles. The Morgan fingerprint density at radius 3 is 2.45 bits per heavy atom. The van der Waals surface area contributed by atoms with Crippen LogP contribution < -0.4 is 9.47 Å². The lowest BCUT2D eigenvalue weighted by Gasteiger charge is -2.30. The molecule has 0 N–H and O–H groups in total. The van der Waals surface area contributed by atoms with Crippen molar-refractivity contribution in [2.75, 3.05) is 20.8 Å².